The molecule has 0 radical (unpaired) electrons. The van der Waals surface area contributed by atoms with Crippen LogP contribution in [0.4, 0.5) is 13.2 Å². The SMILES string of the molecule is Cn1ccc(-c2ccc3c(c2)C[C@@H](NC(=O)c2cc4n(n2)C[C@@H](CCOCC(F)(F)F)O4)CO3)n1. The molecule has 2 aliphatic heterocycles. The van der Waals surface area contributed by atoms with E-state index in [1.165, 1.54) is 10.7 Å². The molecular weight excluding hydrogens is 467 g/mol. The number of aryl methyl sites for hydroxylation is 1. The Bertz CT molecular complexity index is 1200. The first-order chi connectivity index (χ1) is 16.7. The molecule has 0 bridgehead atoms. The lowest BCUT2D eigenvalue weighted by Gasteiger charge is -2.26. The number of hydrogen-bond acceptors (Lipinski definition) is 6. The van der Waals surface area contributed by atoms with Crippen molar-refractivity contribution in [2.45, 2.75) is 37.7 Å². The summed E-state index contributed by atoms with van der Waals surface area (Å²) in [5, 5.41) is 11.7. The van der Waals surface area contributed by atoms with Crippen LogP contribution in [-0.4, -0.2) is 63.6 Å². The van der Waals surface area contributed by atoms with Crippen LogP contribution in [0.25, 0.3) is 11.3 Å². The largest absolute Gasteiger partial charge is 0.491 e. The molecule has 2 aromatic heterocycles. The van der Waals surface area contributed by atoms with E-state index in [0.29, 0.717) is 31.9 Å². The van der Waals surface area contributed by atoms with Gasteiger partial charge in [-0.15, -0.1) is 0 Å². The Hall–Kier alpha value is -3.54. The van der Waals surface area contributed by atoms with Gasteiger partial charge >= 0.3 is 6.18 Å². The van der Waals surface area contributed by atoms with Crippen LogP contribution in [0.2, 0.25) is 0 Å². The summed E-state index contributed by atoms with van der Waals surface area (Å²) in [7, 11) is 1.86. The average Bonchev–Trinajstić information content (AvgIpc) is 3.50. The minimum atomic E-state index is -4.35. The van der Waals surface area contributed by atoms with Gasteiger partial charge in [-0.1, -0.05) is 0 Å². The average molecular weight is 491 g/mol. The first kappa shape index (κ1) is 23.2. The van der Waals surface area contributed by atoms with Gasteiger partial charge in [0.05, 0.1) is 24.9 Å². The van der Waals surface area contributed by atoms with E-state index in [1.807, 2.05) is 37.5 Å². The molecule has 1 amide bonds. The molecule has 186 valence electrons. The van der Waals surface area contributed by atoms with Crippen LogP contribution in [0.3, 0.4) is 0 Å². The predicted molar refractivity (Wildman–Crippen MR) is 117 cm³/mol. The van der Waals surface area contributed by atoms with Crippen molar-refractivity contribution in [3.05, 3.63) is 47.8 Å². The molecule has 35 heavy (non-hydrogen) atoms. The number of benzene rings is 1. The molecule has 1 aromatic carbocycles. The monoisotopic (exact) mass is 491 g/mol. The molecule has 0 aliphatic carbocycles. The van der Waals surface area contributed by atoms with Gasteiger partial charge < -0.3 is 19.5 Å². The Labute approximate surface area is 198 Å². The highest BCUT2D eigenvalue weighted by Crippen LogP contribution is 2.30. The maximum atomic E-state index is 12.8. The topological polar surface area (TPSA) is 92.4 Å². The van der Waals surface area contributed by atoms with Crippen molar-refractivity contribution < 1.29 is 32.2 Å². The highest BCUT2D eigenvalue weighted by atomic mass is 19.4. The Kier molecular flexibility index (Phi) is 6.13. The van der Waals surface area contributed by atoms with Gasteiger partial charge in [0.25, 0.3) is 5.91 Å². The fraction of sp³-hybridized carbons (Fsp3) is 0.435. The number of aromatic nitrogens is 4. The Morgan fingerprint density at radius 3 is 2.86 bits per heavy atom. The van der Waals surface area contributed by atoms with E-state index >= 15 is 0 Å². The standard InChI is InChI=1S/C23H24F3N5O4/c1-30-6-4-18(28-30)14-2-3-20-15(8-14)9-16(12-34-20)27-22(32)19-10-21-31(29-19)11-17(35-21)5-7-33-13-23(24,25)26/h2-4,6,8,10,16-17H,5,7,9,11-13H2,1H3,(H,27,32)/t16-,17-/m1/s1. The fourth-order valence-corrected chi connectivity index (χ4v) is 4.17. The number of carbonyl (C=O) groups is 1. The van der Waals surface area contributed by atoms with Crippen molar-refractivity contribution >= 4 is 5.91 Å². The number of halogens is 3. The molecule has 12 heteroatoms. The zero-order chi connectivity index (χ0) is 24.6. The van der Waals surface area contributed by atoms with E-state index in [4.69, 9.17) is 9.47 Å². The second-order valence-electron chi connectivity index (χ2n) is 8.63. The number of hydrogen-bond donors (Lipinski definition) is 1. The number of carbonyl (C=O) groups excluding carboxylic acids is 1. The Morgan fingerprint density at radius 1 is 1.26 bits per heavy atom. The summed E-state index contributed by atoms with van der Waals surface area (Å²) >= 11 is 0. The lowest BCUT2D eigenvalue weighted by molar-refractivity contribution is -0.174. The molecular formula is C23H24F3N5O4. The van der Waals surface area contributed by atoms with Crippen LogP contribution < -0.4 is 14.8 Å². The smallest absolute Gasteiger partial charge is 0.411 e. The highest BCUT2D eigenvalue weighted by Gasteiger charge is 2.30. The van der Waals surface area contributed by atoms with Gasteiger partial charge in [-0.25, -0.2) is 4.68 Å². The summed E-state index contributed by atoms with van der Waals surface area (Å²) in [5.41, 5.74) is 3.02. The first-order valence-corrected chi connectivity index (χ1v) is 11.2. The highest BCUT2D eigenvalue weighted by molar-refractivity contribution is 5.92. The van der Waals surface area contributed by atoms with Gasteiger partial charge in [0.2, 0.25) is 5.88 Å². The number of nitrogens with one attached hydrogen (secondary N) is 1. The van der Waals surface area contributed by atoms with Crippen LogP contribution in [0.1, 0.15) is 22.5 Å². The van der Waals surface area contributed by atoms with E-state index in [2.05, 4.69) is 20.3 Å². The summed E-state index contributed by atoms with van der Waals surface area (Å²) in [6.45, 7) is -0.679. The summed E-state index contributed by atoms with van der Waals surface area (Å²) in [4.78, 5) is 12.8. The molecule has 9 nitrogen and oxygen atoms in total. The molecule has 0 unspecified atom stereocenters. The van der Waals surface area contributed by atoms with Gasteiger partial charge in [0.1, 0.15) is 25.1 Å². The summed E-state index contributed by atoms with van der Waals surface area (Å²) in [6.07, 6.45) is -1.92. The van der Waals surface area contributed by atoms with Gasteiger partial charge in [-0.2, -0.15) is 23.4 Å². The Morgan fingerprint density at radius 2 is 2.11 bits per heavy atom. The lowest BCUT2D eigenvalue weighted by atomic mass is 9.99. The molecule has 4 heterocycles. The second-order valence-corrected chi connectivity index (χ2v) is 8.63. The third-order valence-electron chi connectivity index (χ3n) is 5.80. The third kappa shape index (κ3) is 5.42. The van der Waals surface area contributed by atoms with Crippen molar-refractivity contribution in [3.8, 4) is 22.9 Å². The number of rotatable bonds is 7. The maximum absolute atomic E-state index is 12.8. The van der Waals surface area contributed by atoms with E-state index < -0.39 is 12.8 Å². The van der Waals surface area contributed by atoms with Crippen molar-refractivity contribution in [1.29, 1.82) is 0 Å². The number of ether oxygens (including phenoxy) is 3. The Balaban J connectivity index is 1.15. The minimum Gasteiger partial charge on any atom is -0.491 e. The normalized spacial score (nSPS) is 19.0. The van der Waals surface area contributed by atoms with Gasteiger partial charge in [0, 0.05) is 31.3 Å². The minimum absolute atomic E-state index is 0.0758. The van der Waals surface area contributed by atoms with E-state index in [9.17, 15) is 18.0 Å². The summed E-state index contributed by atoms with van der Waals surface area (Å²) < 4.78 is 55.9. The molecule has 3 aromatic rings. The van der Waals surface area contributed by atoms with Crippen molar-refractivity contribution in [2.24, 2.45) is 7.05 Å². The van der Waals surface area contributed by atoms with Crippen LogP contribution >= 0.6 is 0 Å². The zero-order valence-electron chi connectivity index (χ0n) is 18.9. The molecule has 2 aliphatic rings. The molecule has 0 saturated heterocycles. The van der Waals surface area contributed by atoms with Crippen LogP contribution in [-0.2, 0) is 24.8 Å². The molecule has 2 atom stereocenters. The fourth-order valence-electron chi connectivity index (χ4n) is 4.17. The number of nitrogens with zero attached hydrogens (tertiary/aromatic N) is 4. The quantitative estimate of drug-likeness (QED) is 0.511. The first-order valence-electron chi connectivity index (χ1n) is 11.2. The zero-order valence-corrected chi connectivity index (χ0v) is 18.9. The van der Waals surface area contributed by atoms with Crippen LogP contribution in [0.5, 0.6) is 11.6 Å². The molecule has 0 fully saturated rings. The van der Waals surface area contributed by atoms with Crippen molar-refractivity contribution in [1.82, 2.24) is 24.9 Å². The summed E-state index contributed by atoms with van der Waals surface area (Å²) in [6, 6.07) is 9.13. The molecule has 0 spiro atoms. The van der Waals surface area contributed by atoms with Crippen LogP contribution in [0, 0.1) is 0 Å². The molecule has 0 saturated carbocycles. The van der Waals surface area contributed by atoms with E-state index in [-0.39, 0.29) is 30.4 Å². The van der Waals surface area contributed by atoms with Crippen molar-refractivity contribution in [2.75, 3.05) is 19.8 Å². The van der Waals surface area contributed by atoms with E-state index in [1.54, 1.807) is 4.68 Å². The number of amides is 1. The lowest BCUT2D eigenvalue weighted by Crippen LogP contribution is -2.43. The van der Waals surface area contributed by atoms with Crippen molar-refractivity contribution in [3.63, 3.8) is 0 Å². The second kappa shape index (κ2) is 9.25. The van der Waals surface area contributed by atoms with Gasteiger partial charge in [0.15, 0.2) is 5.69 Å². The summed E-state index contributed by atoms with van der Waals surface area (Å²) in [5.74, 6) is 0.842. The van der Waals surface area contributed by atoms with Crippen LogP contribution in [0.15, 0.2) is 36.5 Å². The maximum Gasteiger partial charge on any atom is 0.411 e. The predicted octanol–water partition coefficient (Wildman–Crippen LogP) is 2.75. The molecule has 1 N–H and O–H groups in total. The third-order valence-corrected chi connectivity index (χ3v) is 5.80. The number of fused-ring (bicyclic) bond motifs is 2. The van der Waals surface area contributed by atoms with Gasteiger partial charge in [-0.05, 0) is 36.2 Å². The van der Waals surface area contributed by atoms with E-state index in [0.717, 1.165) is 22.6 Å². The number of alkyl halides is 3. The van der Waals surface area contributed by atoms with Gasteiger partial charge in [-0.3, -0.25) is 9.48 Å². The molecule has 5 rings (SSSR count).